The van der Waals surface area contributed by atoms with Gasteiger partial charge in [-0.05, 0) is 55.3 Å². The first-order chi connectivity index (χ1) is 9.94. The van der Waals surface area contributed by atoms with Crippen LogP contribution in [0.3, 0.4) is 0 Å². The van der Waals surface area contributed by atoms with E-state index in [2.05, 4.69) is 9.71 Å². The van der Waals surface area contributed by atoms with E-state index in [-0.39, 0.29) is 10.9 Å². The molecule has 2 aromatic rings. The Morgan fingerprint density at radius 3 is 2.43 bits per heavy atom. The summed E-state index contributed by atoms with van der Waals surface area (Å²) >= 11 is 0. The fourth-order valence-corrected chi connectivity index (χ4v) is 3.53. The van der Waals surface area contributed by atoms with Crippen LogP contribution < -0.4 is 9.46 Å². The molecule has 0 aliphatic carbocycles. The molecule has 1 heterocycles. The van der Waals surface area contributed by atoms with Crippen molar-refractivity contribution < 1.29 is 13.2 Å². The summed E-state index contributed by atoms with van der Waals surface area (Å²) in [5.74, 6) is 0.633. The minimum atomic E-state index is -3.59. The molecule has 0 bridgehead atoms. The van der Waals surface area contributed by atoms with E-state index in [0.717, 1.165) is 5.56 Å². The summed E-state index contributed by atoms with van der Waals surface area (Å²) in [5.41, 5.74) is 1.50. The molecule has 6 heteroatoms. The fraction of sp³-hybridized carbons (Fsp3) is 0.267. The van der Waals surface area contributed by atoms with Crippen LogP contribution in [0.15, 0.2) is 47.6 Å². The Kier molecular flexibility index (Phi) is 4.59. The van der Waals surface area contributed by atoms with Crippen molar-refractivity contribution in [3.8, 4) is 5.75 Å². The number of ether oxygens (including phenoxy) is 1. The number of sulfonamides is 1. The average molecular weight is 306 g/mol. The number of methoxy groups -OCH3 is 1. The van der Waals surface area contributed by atoms with Gasteiger partial charge < -0.3 is 4.74 Å². The zero-order chi connectivity index (χ0) is 15.5. The van der Waals surface area contributed by atoms with Crippen LogP contribution in [0.2, 0.25) is 0 Å². The third-order valence-electron chi connectivity index (χ3n) is 3.21. The second-order valence-corrected chi connectivity index (χ2v) is 6.44. The first-order valence-corrected chi connectivity index (χ1v) is 7.99. The van der Waals surface area contributed by atoms with Crippen molar-refractivity contribution in [2.75, 3.05) is 7.11 Å². The van der Waals surface area contributed by atoms with Gasteiger partial charge in [0.05, 0.1) is 12.0 Å². The zero-order valence-electron chi connectivity index (χ0n) is 12.2. The Labute approximate surface area is 125 Å². The maximum Gasteiger partial charge on any atom is 0.241 e. The second kappa shape index (κ2) is 6.24. The highest BCUT2D eigenvalue weighted by Gasteiger charge is 2.20. The van der Waals surface area contributed by atoms with Gasteiger partial charge in [0.1, 0.15) is 5.75 Å². The Balaban J connectivity index is 2.26. The smallest absolute Gasteiger partial charge is 0.241 e. The molecular formula is C15H18N2O3S. The zero-order valence-corrected chi connectivity index (χ0v) is 13.0. The largest absolute Gasteiger partial charge is 0.497 e. The van der Waals surface area contributed by atoms with E-state index < -0.39 is 10.0 Å². The van der Waals surface area contributed by atoms with Crippen molar-refractivity contribution in [2.24, 2.45) is 0 Å². The first-order valence-electron chi connectivity index (χ1n) is 6.51. The highest BCUT2D eigenvalue weighted by Crippen LogP contribution is 2.22. The van der Waals surface area contributed by atoms with Crippen LogP contribution in [0.4, 0.5) is 0 Å². The number of aryl methyl sites for hydroxylation is 1. The number of aromatic nitrogens is 1. The van der Waals surface area contributed by atoms with Gasteiger partial charge in [0.2, 0.25) is 10.0 Å². The molecular weight excluding hydrogens is 288 g/mol. The van der Waals surface area contributed by atoms with Gasteiger partial charge in [-0.25, -0.2) is 13.1 Å². The number of benzene rings is 1. The summed E-state index contributed by atoms with van der Waals surface area (Å²) in [7, 11) is -2.04. The third-order valence-corrected chi connectivity index (χ3v) is 4.91. The number of hydrogen-bond acceptors (Lipinski definition) is 4. The topological polar surface area (TPSA) is 68.3 Å². The van der Waals surface area contributed by atoms with Crippen molar-refractivity contribution in [3.63, 3.8) is 0 Å². The molecule has 0 spiro atoms. The van der Waals surface area contributed by atoms with Crippen LogP contribution in [0.5, 0.6) is 5.75 Å². The van der Waals surface area contributed by atoms with Gasteiger partial charge in [0.15, 0.2) is 0 Å². The van der Waals surface area contributed by atoms with E-state index in [1.54, 1.807) is 63.7 Å². The predicted octanol–water partition coefficient (Wildman–Crippen LogP) is 2.44. The summed E-state index contributed by atoms with van der Waals surface area (Å²) in [5, 5.41) is 0. The molecule has 5 nitrogen and oxygen atoms in total. The van der Waals surface area contributed by atoms with Crippen LogP contribution in [-0.4, -0.2) is 20.5 Å². The molecule has 0 fully saturated rings. The van der Waals surface area contributed by atoms with E-state index in [1.807, 2.05) is 0 Å². The summed E-state index contributed by atoms with van der Waals surface area (Å²) in [6, 6.07) is 8.13. The Morgan fingerprint density at radius 1 is 1.19 bits per heavy atom. The molecule has 21 heavy (non-hydrogen) atoms. The van der Waals surface area contributed by atoms with Crippen LogP contribution in [0.1, 0.15) is 24.1 Å². The lowest BCUT2D eigenvalue weighted by Gasteiger charge is -2.16. The quantitative estimate of drug-likeness (QED) is 0.921. The lowest BCUT2D eigenvalue weighted by molar-refractivity contribution is 0.414. The van der Waals surface area contributed by atoms with Gasteiger partial charge in [-0.15, -0.1) is 0 Å². The van der Waals surface area contributed by atoms with Gasteiger partial charge in [0.25, 0.3) is 0 Å². The Bertz CT molecular complexity index is 715. The summed E-state index contributed by atoms with van der Waals surface area (Å²) in [6.07, 6.45) is 3.28. The maximum atomic E-state index is 12.5. The molecule has 1 atom stereocenters. The van der Waals surface area contributed by atoms with Crippen LogP contribution in [0, 0.1) is 6.92 Å². The number of nitrogens with one attached hydrogen (secondary N) is 1. The molecule has 0 saturated heterocycles. The summed E-state index contributed by atoms with van der Waals surface area (Å²) in [4.78, 5) is 4.18. The van der Waals surface area contributed by atoms with E-state index in [0.29, 0.717) is 11.3 Å². The average Bonchev–Trinajstić information content (AvgIpc) is 2.47. The minimum Gasteiger partial charge on any atom is -0.497 e. The van der Waals surface area contributed by atoms with Crippen molar-refractivity contribution >= 4 is 10.0 Å². The molecule has 0 amide bonds. The van der Waals surface area contributed by atoms with Crippen molar-refractivity contribution in [3.05, 3.63) is 53.9 Å². The number of hydrogen-bond donors (Lipinski definition) is 1. The Morgan fingerprint density at radius 2 is 1.86 bits per heavy atom. The Hall–Kier alpha value is -1.92. The van der Waals surface area contributed by atoms with Crippen molar-refractivity contribution in [1.29, 1.82) is 0 Å². The molecule has 0 aliphatic rings. The maximum absolute atomic E-state index is 12.5. The number of rotatable bonds is 5. The monoisotopic (exact) mass is 306 g/mol. The fourth-order valence-electron chi connectivity index (χ4n) is 2.07. The summed E-state index contributed by atoms with van der Waals surface area (Å²) in [6.45, 7) is 3.54. The van der Waals surface area contributed by atoms with E-state index in [9.17, 15) is 8.42 Å². The lowest BCUT2D eigenvalue weighted by atomic mass is 10.1. The molecule has 0 aliphatic heterocycles. The van der Waals surface area contributed by atoms with Crippen molar-refractivity contribution in [1.82, 2.24) is 9.71 Å². The third kappa shape index (κ3) is 3.59. The first kappa shape index (κ1) is 15.5. The SMILES string of the molecule is COc1ccc(S(=O)(=O)NC(C)c2ccncc2)c(C)c1. The molecule has 0 saturated carbocycles. The molecule has 1 unspecified atom stereocenters. The summed E-state index contributed by atoms with van der Waals surface area (Å²) < 4.78 is 32.7. The van der Waals surface area contributed by atoms with Gasteiger partial charge in [-0.3, -0.25) is 4.98 Å². The van der Waals surface area contributed by atoms with Crippen LogP contribution in [0.25, 0.3) is 0 Å². The number of pyridine rings is 1. The van der Waals surface area contributed by atoms with Gasteiger partial charge >= 0.3 is 0 Å². The second-order valence-electron chi connectivity index (χ2n) is 4.75. The van der Waals surface area contributed by atoms with E-state index in [1.165, 1.54) is 0 Å². The molecule has 112 valence electrons. The van der Waals surface area contributed by atoms with Gasteiger partial charge in [0, 0.05) is 18.4 Å². The highest BCUT2D eigenvalue weighted by atomic mass is 32.2. The normalized spacial score (nSPS) is 12.9. The standard InChI is InChI=1S/C15H18N2O3S/c1-11-10-14(20-3)4-5-15(11)21(18,19)17-12(2)13-6-8-16-9-7-13/h4-10,12,17H,1-3H3. The van der Waals surface area contributed by atoms with Crippen LogP contribution >= 0.6 is 0 Å². The van der Waals surface area contributed by atoms with E-state index in [4.69, 9.17) is 4.74 Å². The van der Waals surface area contributed by atoms with E-state index >= 15 is 0 Å². The molecule has 0 radical (unpaired) electrons. The lowest BCUT2D eigenvalue weighted by Crippen LogP contribution is -2.27. The van der Waals surface area contributed by atoms with Crippen molar-refractivity contribution in [2.45, 2.75) is 24.8 Å². The molecule has 1 N–H and O–H groups in total. The molecule has 2 rings (SSSR count). The van der Waals surface area contributed by atoms with Gasteiger partial charge in [-0.1, -0.05) is 0 Å². The highest BCUT2D eigenvalue weighted by molar-refractivity contribution is 7.89. The molecule has 1 aromatic heterocycles. The minimum absolute atomic E-state index is 0.254. The van der Waals surface area contributed by atoms with Crippen LogP contribution in [-0.2, 0) is 10.0 Å². The predicted molar refractivity (Wildman–Crippen MR) is 80.7 cm³/mol. The molecule has 1 aromatic carbocycles. The van der Waals surface area contributed by atoms with Gasteiger partial charge in [-0.2, -0.15) is 0 Å². The number of nitrogens with zero attached hydrogens (tertiary/aromatic N) is 1.